The maximum Gasteiger partial charge on any atom is 0.307 e. The van der Waals surface area contributed by atoms with Gasteiger partial charge in [-0.2, -0.15) is 12.5 Å². The third-order valence-corrected chi connectivity index (χ3v) is 1.50. The van der Waals surface area contributed by atoms with Crippen molar-refractivity contribution in [1.29, 1.82) is 1.12 Å². The van der Waals surface area contributed by atoms with E-state index in [1.165, 1.54) is 14.2 Å². The van der Waals surface area contributed by atoms with Crippen molar-refractivity contribution in [3.05, 3.63) is 0 Å². The molecule has 1 atom stereocenters. The van der Waals surface area contributed by atoms with Gasteiger partial charge in [-0.1, -0.05) is 0 Å². The van der Waals surface area contributed by atoms with Crippen LogP contribution in [0.1, 0.15) is 6.42 Å². The Bertz CT molecular complexity index is 176. The molecule has 0 aromatic carbocycles. The highest BCUT2D eigenvalue weighted by Crippen LogP contribution is 2.01. The van der Waals surface area contributed by atoms with Crippen LogP contribution in [0.3, 0.4) is 0 Å². The standard InChI is InChI=1S/C6H11NO3S/c1-7-6(9)4(11)3-5(8)10-2/h4,11H,3H2,1-2H3,(H,7,9)/i/hT. The SMILES string of the molecule is [3H]SC(CC(=O)OC)C(=O)NC. The fourth-order valence-electron chi connectivity index (χ4n) is 0.488. The molecule has 0 bridgehead atoms. The molecule has 5 heteroatoms. The molecule has 64 valence electrons. The van der Waals surface area contributed by atoms with E-state index >= 15 is 0 Å². The minimum absolute atomic E-state index is 0.0651. The summed E-state index contributed by atoms with van der Waals surface area (Å²) in [7, 11) is 2.71. The number of rotatable bonds is 4. The molecule has 0 saturated heterocycles. The van der Waals surface area contributed by atoms with Crippen LogP contribution in [0.2, 0.25) is 0 Å². The first-order valence-electron chi connectivity index (χ1n) is 3.47. The Balaban J connectivity index is 3.99. The lowest BCUT2D eigenvalue weighted by Gasteiger charge is -2.06. The molecule has 0 fully saturated rings. The van der Waals surface area contributed by atoms with Gasteiger partial charge in [0.05, 0.1) is 18.8 Å². The Morgan fingerprint density at radius 2 is 2.45 bits per heavy atom. The quantitative estimate of drug-likeness (QED) is 0.456. The number of thiol groups is 1. The number of ether oxygens (including phenoxy) is 1. The van der Waals surface area contributed by atoms with Gasteiger partial charge in [0.25, 0.3) is 0 Å². The Hall–Kier alpha value is -0.710. The van der Waals surface area contributed by atoms with Gasteiger partial charge in [-0.05, 0) is 0 Å². The Labute approximate surface area is 71.8 Å². The van der Waals surface area contributed by atoms with Crippen LogP contribution in [0.4, 0.5) is 0 Å². The van der Waals surface area contributed by atoms with Gasteiger partial charge in [0.2, 0.25) is 5.91 Å². The number of hydrogen-bond donors (Lipinski definition) is 2. The average molecular weight is 179 g/mol. The second-order valence-corrected chi connectivity index (χ2v) is 2.45. The molecule has 11 heavy (non-hydrogen) atoms. The summed E-state index contributed by atoms with van der Waals surface area (Å²) in [6.45, 7) is 0. The minimum Gasteiger partial charge on any atom is -0.469 e. The van der Waals surface area contributed by atoms with Crippen LogP contribution in [-0.2, 0) is 14.3 Å². The van der Waals surface area contributed by atoms with Gasteiger partial charge >= 0.3 is 5.97 Å². The molecule has 0 aromatic heterocycles. The highest BCUT2D eigenvalue weighted by atomic mass is 32.1. The van der Waals surface area contributed by atoms with Crippen molar-refractivity contribution in [3.63, 3.8) is 0 Å². The molecule has 1 amide bonds. The van der Waals surface area contributed by atoms with E-state index in [-0.39, 0.29) is 12.3 Å². The molecular formula is C6H11NO3S. The number of amides is 1. The topological polar surface area (TPSA) is 55.4 Å². The van der Waals surface area contributed by atoms with E-state index in [1.54, 1.807) is 0 Å². The zero-order valence-corrected chi connectivity index (χ0v) is 7.23. The molecular weight excluding hydrogens is 166 g/mol. The summed E-state index contributed by atoms with van der Waals surface area (Å²) in [4.78, 5) is 21.6. The molecule has 0 rings (SSSR count). The number of hydrogen-bond acceptors (Lipinski definition) is 4. The van der Waals surface area contributed by atoms with Crippen molar-refractivity contribution in [3.8, 4) is 0 Å². The predicted molar refractivity (Wildman–Crippen MR) is 43.5 cm³/mol. The van der Waals surface area contributed by atoms with E-state index in [0.717, 1.165) is 0 Å². The van der Waals surface area contributed by atoms with Crippen molar-refractivity contribution in [2.24, 2.45) is 0 Å². The minimum atomic E-state index is -0.678. The first-order chi connectivity index (χ1) is 5.65. The van der Waals surface area contributed by atoms with Crippen molar-refractivity contribution < 1.29 is 14.3 Å². The molecule has 0 radical (unpaired) electrons. The van der Waals surface area contributed by atoms with Gasteiger partial charge in [0.1, 0.15) is 1.12 Å². The molecule has 4 nitrogen and oxygen atoms in total. The van der Waals surface area contributed by atoms with Crippen molar-refractivity contribution >= 4 is 24.4 Å². The monoisotopic (exact) mass is 179 g/mol. The molecule has 0 spiro atoms. The number of carbonyl (C=O) groups is 2. The largest absolute Gasteiger partial charge is 0.469 e. The van der Waals surface area contributed by atoms with Crippen LogP contribution in [0, 0.1) is 0 Å². The third kappa shape index (κ3) is 3.87. The lowest BCUT2D eigenvalue weighted by atomic mass is 10.3. The van der Waals surface area contributed by atoms with Crippen LogP contribution in [0.15, 0.2) is 0 Å². The normalized spacial score (nSPS) is 13.1. The molecule has 0 aliphatic heterocycles. The first-order valence-corrected chi connectivity index (χ1v) is 3.53. The second-order valence-electron chi connectivity index (χ2n) is 1.88. The van der Waals surface area contributed by atoms with Gasteiger partial charge in [-0.25, -0.2) is 0 Å². The molecule has 1 unspecified atom stereocenters. The van der Waals surface area contributed by atoms with Crippen molar-refractivity contribution in [2.45, 2.75) is 11.7 Å². The summed E-state index contributed by atoms with van der Waals surface area (Å²) in [5, 5.41) is 1.68. The lowest BCUT2D eigenvalue weighted by Crippen LogP contribution is -2.30. The third-order valence-electron chi connectivity index (χ3n) is 1.12. The van der Waals surface area contributed by atoms with E-state index in [2.05, 4.69) is 10.1 Å². The fraction of sp³-hybridized carbons (Fsp3) is 0.667. The number of carbonyl (C=O) groups excluding carboxylic acids is 2. The molecule has 0 heterocycles. The average Bonchev–Trinajstić information content (AvgIpc) is 2.12. The van der Waals surface area contributed by atoms with Crippen molar-refractivity contribution in [2.75, 3.05) is 14.2 Å². The van der Waals surface area contributed by atoms with Gasteiger partial charge in [-0.15, -0.1) is 0 Å². The van der Waals surface area contributed by atoms with E-state index in [4.69, 9.17) is 1.12 Å². The smallest absolute Gasteiger partial charge is 0.307 e. The number of nitrogens with one attached hydrogen (secondary N) is 1. The molecule has 0 aliphatic carbocycles. The lowest BCUT2D eigenvalue weighted by molar-refractivity contribution is -0.141. The van der Waals surface area contributed by atoms with Crippen LogP contribution in [0.5, 0.6) is 0 Å². The highest BCUT2D eigenvalue weighted by Gasteiger charge is 2.16. The Morgan fingerprint density at radius 3 is 2.82 bits per heavy atom. The van der Waals surface area contributed by atoms with Crippen LogP contribution in [-0.4, -0.2) is 32.4 Å². The Kier molecular flexibility index (Phi) is 3.82. The number of esters is 1. The second kappa shape index (κ2) is 5.01. The van der Waals surface area contributed by atoms with E-state index in [0.29, 0.717) is 12.5 Å². The maximum atomic E-state index is 10.9. The first kappa shape index (κ1) is 8.39. The summed E-state index contributed by atoms with van der Waals surface area (Å²) in [5.74, 6) is -0.816. The van der Waals surface area contributed by atoms with Gasteiger partial charge in [-0.3, -0.25) is 9.59 Å². The molecule has 1 N–H and O–H groups in total. The summed E-state index contributed by atoms with van der Waals surface area (Å²) >= 11 is 0.583. The highest BCUT2D eigenvalue weighted by molar-refractivity contribution is 7.81. The molecule has 0 aromatic rings. The summed E-state index contributed by atoms with van der Waals surface area (Å²) in [6.07, 6.45) is -0.0651. The fourth-order valence-corrected chi connectivity index (χ4v) is 0.742. The van der Waals surface area contributed by atoms with Gasteiger partial charge < -0.3 is 10.1 Å². The van der Waals surface area contributed by atoms with E-state index in [1.807, 2.05) is 0 Å². The maximum absolute atomic E-state index is 10.9. The van der Waals surface area contributed by atoms with Gasteiger partial charge in [0, 0.05) is 7.05 Å². The number of methoxy groups -OCH3 is 1. The van der Waals surface area contributed by atoms with E-state index in [9.17, 15) is 9.59 Å². The van der Waals surface area contributed by atoms with Crippen LogP contribution >= 0.6 is 12.5 Å². The van der Waals surface area contributed by atoms with Crippen LogP contribution < -0.4 is 5.32 Å². The molecule has 0 aliphatic rings. The van der Waals surface area contributed by atoms with Gasteiger partial charge in [0.15, 0.2) is 0 Å². The van der Waals surface area contributed by atoms with Crippen LogP contribution in [0.25, 0.3) is 0 Å². The molecule has 0 saturated carbocycles. The van der Waals surface area contributed by atoms with Crippen molar-refractivity contribution in [1.82, 2.24) is 5.32 Å². The van der Waals surface area contributed by atoms with E-state index < -0.39 is 11.2 Å². The zero-order valence-electron chi connectivity index (χ0n) is 7.42. The summed E-state index contributed by atoms with van der Waals surface area (Å²) in [5.41, 5.74) is 0. The summed E-state index contributed by atoms with van der Waals surface area (Å²) < 4.78 is 11.3. The Morgan fingerprint density at radius 1 is 1.82 bits per heavy atom. The summed E-state index contributed by atoms with van der Waals surface area (Å²) in [6, 6.07) is 0. The predicted octanol–water partition coefficient (Wildman–Crippen LogP) is -0.406. The zero-order chi connectivity index (χ0) is 9.56.